The van der Waals surface area contributed by atoms with Crippen molar-refractivity contribution in [3.05, 3.63) is 71.5 Å². The van der Waals surface area contributed by atoms with Crippen LogP contribution in [0.25, 0.3) is 0 Å². The van der Waals surface area contributed by atoms with E-state index in [1.54, 1.807) is 6.07 Å². The second kappa shape index (κ2) is 10.3. The maximum Gasteiger partial charge on any atom is 0.264 e. The molecule has 0 saturated carbocycles. The van der Waals surface area contributed by atoms with Crippen LogP contribution in [0.15, 0.2) is 70.7 Å². The summed E-state index contributed by atoms with van der Waals surface area (Å²) in [4.78, 5) is 20.3. The minimum Gasteiger partial charge on any atom is -0.379 e. The molecule has 2 N–H and O–H groups in total. The highest BCUT2D eigenvalue weighted by atomic mass is 35.5. The van der Waals surface area contributed by atoms with Crippen molar-refractivity contribution in [2.75, 3.05) is 36.3 Å². The number of sulfonamides is 2. The van der Waals surface area contributed by atoms with Crippen LogP contribution in [0.2, 0.25) is 5.02 Å². The number of nitrogens with one attached hydrogen (secondary N) is 2. The molecule has 1 aromatic heterocycles. The van der Waals surface area contributed by atoms with Gasteiger partial charge in [-0.1, -0.05) is 11.6 Å². The predicted molar refractivity (Wildman–Crippen MR) is 128 cm³/mol. The van der Waals surface area contributed by atoms with Crippen molar-refractivity contribution in [2.24, 2.45) is 0 Å². The third kappa shape index (κ3) is 5.77. The quantitative estimate of drug-likeness (QED) is 0.466. The third-order valence-corrected chi connectivity index (χ3v) is 8.57. The molecule has 2 aromatic carbocycles. The Hall–Kier alpha value is -3.10. The van der Waals surface area contributed by atoms with Crippen molar-refractivity contribution < 1.29 is 26.4 Å². The van der Waals surface area contributed by atoms with Gasteiger partial charge < -0.3 is 10.1 Å². The Labute approximate surface area is 207 Å². The number of rotatable bonds is 7. The normalized spacial score (nSPS) is 14.9. The van der Waals surface area contributed by atoms with Gasteiger partial charge in [0.2, 0.25) is 16.0 Å². The van der Waals surface area contributed by atoms with Crippen LogP contribution in [0.5, 0.6) is 0 Å². The van der Waals surface area contributed by atoms with E-state index in [9.17, 15) is 21.6 Å². The lowest BCUT2D eigenvalue weighted by Crippen LogP contribution is -2.40. The van der Waals surface area contributed by atoms with E-state index in [2.05, 4.69) is 20.0 Å². The first-order valence-corrected chi connectivity index (χ1v) is 13.6. The SMILES string of the molecule is O=C(Nc1ccc(S(=O)(=O)Nc2ncccn2)cc1)c1cc(S(=O)(=O)N2CCOCC2)ccc1Cl. The molecule has 1 aliphatic rings. The number of morpholine rings is 1. The van der Waals surface area contributed by atoms with Crippen LogP contribution in [-0.2, 0) is 24.8 Å². The highest BCUT2D eigenvalue weighted by Gasteiger charge is 2.27. The number of halogens is 1. The number of carbonyl (C=O) groups excluding carboxylic acids is 1. The lowest BCUT2D eigenvalue weighted by molar-refractivity contribution is 0.0730. The Kier molecular flexibility index (Phi) is 7.33. The van der Waals surface area contributed by atoms with Gasteiger partial charge in [0.15, 0.2) is 0 Å². The summed E-state index contributed by atoms with van der Waals surface area (Å²) in [5.74, 6) is -0.730. The third-order valence-electron chi connectivity index (χ3n) is 5.00. The van der Waals surface area contributed by atoms with E-state index in [1.807, 2.05) is 0 Å². The molecule has 0 unspecified atom stereocenters. The van der Waals surface area contributed by atoms with Crippen LogP contribution in [0.4, 0.5) is 11.6 Å². The van der Waals surface area contributed by atoms with Crippen LogP contribution in [0.3, 0.4) is 0 Å². The molecule has 2 heterocycles. The zero-order valence-electron chi connectivity index (χ0n) is 18.1. The average molecular weight is 538 g/mol. The Balaban J connectivity index is 1.50. The van der Waals surface area contributed by atoms with E-state index in [4.69, 9.17) is 16.3 Å². The van der Waals surface area contributed by atoms with Crippen molar-refractivity contribution >= 4 is 49.2 Å². The molecule has 1 saturated heterocycles. The smallest absolute Gasteiger partial charge is 0.264 e. The van der Waals surface area contributed by atoms with E-state index in [1.165, 1.54) is 59.2 Å². The number of aromatic nitrogens is 2. The van der Waals surface area contributed by atoms with Gasteiger partial charge in [0.25, 0.3) is 15.9 Å². The maximum absolute atomic E-state index is 12.9. The largest absolute Gasteiger partial charge is 0.379 e. The molecular weight excluding hydrogens is 518 g/mol. The second-order valence-corrected chi connectivity index (χ2v) is 11.3. The summed E-state index contributed by atoms with van der Waals surface area (Å²) in [7, 11) is -7.76. The zero-order valence-corrected chi connectivity index (χ0v) is 20.5. The van der Waals surface area contributed by atoms with Crippen molar-refractivity contribution in [1.82, 2.24) is 14.3 Å². The zero-order chi connectivity index (χ0) is 25.1. The minimum absolute atomic E-state index is 0.0411. The lowest BCUT2D eigenvalue weighted by atomic mass is 10.2. The van der Waals surface area contributed by atoms with E-state index < -0.39 is 26.0 Å². The van der Waals surface area contributed by atoms with Gasteiger partial charge in [-0.3, -0.25) is 4.79 Å². The first kappa shape index (κ1) is 25.0. The second-order valence-electron chi connectivity index (χ2n) is 7.31. The van der Waals surface area contributed by atoms with Gasteiger partial charge in [-0.05, 0) is 48.5 Å². The Morgan fingerprint density at radius 1 is 0.943 bits per heavy atom. The van der Waals surface area contributed by atoms with Crippen molar-refractivity contribution in [2.45, 2.75) is 9.79 Å². The summed E-state index contributed by atoms with van der Waals surface area (Å²) in [6.07, 6.45) is 2.80. The van der Waals surface area contributed by atoms with Gasteiger partial charge in [-0.15, -0.1) is 0 Å². The van der Waals surface area contributed by atoms with E-state index >= 15 is 0 Å². The van der Waals surface area contributed by atoms with Crippen molar-refractivity contribution in [3.8, 4) is 0 Å². The summed E-state index contributed by atoms with van der Waals surface area (Å²) < 4.78 is 59.6. The predicted octanol–water partition coefficient (Wildman–Crippen LogP) is 2.20. The minimum atomic E-state index is -3.94. The molecule has 0 radical (unpaired) electrons. The summed E-state index contributed by atoms with van der Waals surface area (Å²) in [5, 5.41) is 2.66. The fourth-order valence-corrected chi connectivity index (χ4v) is 5.82. The van der Waals surface area contributed by atoms with Gasteiger partial charge in [-0.25, -0.2) is 31.5 Å². The van der Waals surface area contributed by atoms with Crippen molar-refractivity contribution in [1.29, 1.82) is 0 Å². The Bertz CT molecular complexity index is 1430. The molecule has 184 valence electrons. The summed E-state index contributed by atoms with van der Waals surface area (Å²) >= 11 is 6.17. The van der Waals surface area contributed by atoms with Gasteiger partial charge in [0.1, 0.15) is 0 Å². The van der Waals surface area contributed by atoms with Gasteiger partial charge in [0, 0.05) is 31.2 Å². The standard InChI is InChI=1S/C21H20ClN5O6S2/c22-19-7-6-17(35(31,32)27-10-12-33-13-11-27)14-18(19)20(28)25-15-2-4-16(5-3-15)34(29,30)26-21-23-8-1-9-24-21/h1-9,14H,10-13H2,(H,25,28)(H,23,24,26). The average Bonchev–Trinajstić information content (AvgIpc) is 2.85. The number of ether oxygens (including phenoxy) is 1. The van der Waals surface area contributed by atoms with Crippen LogP contribution >= 0.6 is 11.6 Å². The molecule has 11 nitrogen and oxygen atoms in total. The number of carbonyl (C=O) groups is 1. The number of nitrogens with zero attached hydrogens (tertiary/aromatic N) is 3. The molecule has 1 amide bonds. The highest BCUT2D eigenvalue weighted by molar-refractivity contribution is 7.92. The number of hydrogen-bond donors (Lipinski definition) is 2. The van der Waals surface area contributed by atoms with Crippen LogP contribution < -0.4 is 10.0 Å². The summed E-state index contributed by atoms with van der Waals surface area (Å²) in [6.45, 7) is 1.01. The Morgan fingerprint density at radius 2 is 1.57 bits per heavy atom. The number of amides is 1. The Morgan fingerprint density at radius 3 is 2.23 bits per heavy atom. The van der Waals surface area contributed by atoms with E-state index in [0.29, 0.717) is 13.2 Å². The highest BCUT2D eigenvalue weighted by Crippen LogP contribution is 2.25. The molecule has 0 atom stereocenters. The van der Waals surface area contributed by atoms with Crippen LogP contribution in [0.1, 0.15) is 10.4 Å². The molecule has 0 bridgehead atoms. The molecular formula is C21H20ClN5O6S2. The number of benzene rings is 2. The summed E-state index contributed by atoms with van der Waals surface area (Å²) in [6, 6.07) is 10.8. The monoisotopic (exact) mass is 537 g/mol. The first-order valence-electron chi connectivity index (χ1n) is 10.3. The van der Waals surface area contributed by atoms with E-state index in [0.717, 1.165) is 0 Å². The van der Waals surface area contributed by atoms with E-state index in [-0.39, 0.29) is 45.1 Å². The van der Waals surface area contributed by atoms with Gasteiger partial charge in [-0.2, -0.15) is 4.31 Å². The summed E-state index contributed by atoms with van der Waals surface area (Å²) in [5.41, 5.74) is 0.239. The molecule has 3 aromatic rings. The fourth-order valence-electron chi connectivity index (χ4n) is 3.22. The molecule has 0 spiro atoms. The van der Waals surface area contributed by atoms with Crippen LogP contribution in [-0.4, -0.2) is 63.3 Å². The lowest BCUT2D eigenvalue weighted by Gasteiger charge is -2.26. The maximum atomic E-state index is 12.9. The molecule has 4 rings (SSSR count). The molecule has 1 aliphatic heterocycles. The number of hydrogen-bond acceptors (Lipinski definition) is 8. The fraction of sp³-hybridized carbons (Fsp3) is 0.190. The molecule has 0 aliphatic carbocycles. The van der Waals surface area contributed by atoms with Gasteiger partial charge in [0.05, 0.1) is 33.6 Å². The molecule has 35 heavy (non-hydrogen) atoms. The van der Waals surface area contributed by atoms with Crippen molar-refractivity contribution in [3.63, 3.8) is 0 Å². The first-order chi connectivity index (χ1) is 16.7. The topological polar surface area (TPSA) is 148 Å². The van der Waals surface area contributed by atoms with Gasteiger partial charge >= 0.3 is 0 Å². The van der Waals surface area contributed by atoms with Crippen LogP contribution in [0, 0.1) is 0 Å². The number of anilines is 2. The molecule has 14 heteroatoms. The molecule has 1 fully saturated rings.